The van der Waals surface area contributed by atoms with Gasteiger partial charge in [-0.2, -0.15) is 16.6 Å². The molecular weight excluding hydrogens is 341 g/mol. The Morgan fingerprint density at radius 1 is 1.32 bits per heavy atom. The highest BCUT2D eigenvalue weighted by atomic mass is 32.2. The third kappa shape index (κ3) is 4.78. The maximum Gasteiger partial charge on any atom is 0.222 e. The van der Waals surface area contributed by atoms with Crippen molar-refractivity contribution in [2.75, 3.05) is 18.6 Å². The summed E-state index contributed by atoms with van der Waals surface area (Å²) in [5.41, 5.74) is 0.721. The van der Waals surface area contributed by atoms with Gasteiger partial charge in [0.25, 0.3) is 0 Å². The van der Waals surface area contributed by atoms with Gasteiger partial charge in [-0.3, -0.25) is 4.79 Å². The molecule has 1 aliphatic rings. The van der Waals surface area contributed by atoms with Crippen LogP contribution in [0.4, 0.5) is 4.39 Å². The predicted molar refractivity (Wildman–Crippen MR) is 95.6 cm³/mol. The lowest BCUT2D eigenvalue weighted by Gasteiger charge is -2.31. The molecular formula is C17H22FN5OS. The minimum atomic E-state index is -0.296. The standard InChI is InChI=1S/C17H22FN5OS/c1-22(15-8-11-25-12-9-15)16(24)3-2-10-23-20-17(19-21-23)13-4-6-14(18)7-5-13/h4-7,15H,2-3,8-12H2,1H3. The van der Waals surface area contributed by atoms with Gasteiger partial charge in [0.05, 0.1) is 6.54 Å². The summed E-state index contributed by atoms with van der Waals surface area (Å²) in [4.78, 5) is 15.7. The van der Waals surface area contributed by atoms with Gasteiger partial charge in [-0.15, -0.1) is 10.2 Å². The lowest BCUT2D eigenvalue weighted by atomic mass is 10.1. The molecule has 25 heavy (non-hydrogen) atoms. The van der Waals surface area contributed by atoms with Crippen LogP contribution in [0.2, 0.25) is 0 Å². The maximum atomic E-state index is 13.0. The largest absolute Gasteiger partial charge is 0.343 e. The first-order valence-electron chi connectivity index (χ1n) is 8.50. The van der Waals surface area contributed by atoms with Crippen molar-refractivity contribution in [2.45, 2.75) is 38.3 Å². The van der Waals surface area contributed by atoms with Gasteiger partial charge in [0.15, 0.2) is 0 Å². The van der Waals surface area contributed by atoms with E-state index in [1.54, 1.807) is 12.1 Å². The zero-order valence-corrected chi connectivity index (χ0v) is 15.1. The minimum Gasteiger partial charge on any atom is -0.343 e. The lowest BCUT2D eigenvalue weighted by Crippen LogP contribution is -2.39. The van der Waals surface area contributed by atoms with E-state index in [0.29, 0.717) is 31.3 Å². The lowest BCUT2D eigenvalue weighted by molar-refractivity contribution is -0.132. The first-order valence-corrected chi connectivity index (χ1v) is 9.66. The Labute approximate surface area is 150 Å². The number of hydrogen-bond acceptors (Lipinski definition) is 5. The van der Waals surface area contributed by atoms with Crippen molar-refractivity contribution in [3.05, 3.63) is 30.1 Å². The minimum absolute atomic E-state index is 0.177. The highest BCUT2D eigenvalue weighted by Gasteiger charge is 2.21. The molecule has 0 atom stereocenters. The van der Waals surface area contributed by atoms with Crippen LogP contribution in [0.25, 0.3) is 11.4 Å². The number of aryl methyl sites for hydroxylation is 1. The molecule has 3 rings (SSSR count). The van der Waals surface area contributed by atoms with Crippen LogP contribution < -0.4 is 0 Å². The van der Waals surface area contributed by atoms with Crippen molar-refractivity contribution in [1.29, 1.82) is 0 Å². The topological polar surface area (TPSA) is 63.9 Å². The van der Waals surface area contributed by atoms with Crippen molar-refractivity contribution < 1.29 is 9.18 Å². The van der Waals surface area contributed by atoms with Crippen LogP contribution in [0.1, 0.15) is 25.7 Å². The number of benzene rings is 1. The number of nitrogens with zero attached hydrogens (tertiary/aromatic N) is 5. The number of thioether (sulfide) groups is 1. The number of halogens is 1. The van der Waals surface area contributed by atoms with E-state index in [4.69, 9.17) is 0 Å². The van der Waals surface area contributed by atoms with Crippen molar-refractivity contribution in [3.63, 3.8) is 0 Å². The third-order valence-corrected chi connectivity index (χ3v) is 5.48. The second kappa shape index (κ2) is 8.42. The van der Waals surface area contributed by atoms with E-state index in [0.717, 1.165) is 29.9 Å². The molecule has 2 heterocycles. The molecule has 0 unspecified atom stereocenters. The van der Waals surface area contributed by atoms with Gasteiger partial charge in [0.2, 0.25) is 11.7 Å². The summed E-state index contributed by atoms with van der Waals surface area (Å²) >= 11 is 1.96. The van der Waals surface area contributed by atoms with Crippen molar-refractivity contribution >= 4 is 17.7 Å². The fourth-order valence-corrected chi connectivity index (χ4v) is 3.96. The van der Waals surface area contributed by atoms with Crippen molar-refractivity contribution in [2.24, 2.45) is 0 Å². The number of carbonyl (C=O) groups is 1. The van der Waals surface area contributed by atoms with Gasteiger partial charge in [-0.25, -0.2) is 4.39 Å². The first kappa shape index (κ1) is 17.8. The summed E-state index contributed by atoms with van der Waals surface area (Å²) in [6.07, 6.45) is 3.31. The second-order valence-electron chi connectivity index (χ2n) is 6.17. The molecule has 1 aliphatic heterocycles. The molecule has 0 aliphatic carbocycles. The van der Waals surface area contributed by atoms with Crippen LogP contribution in [-0.4, -0.2) is 55.6 Å². The number of amides is 1. The smallest absolute Gasteiger partial charge is 0.222 e. The van der Waals surface area contributed by atoms with E-state index in [-0.39, 0.29) is 11.7 Å². The van der Waals surface area contributed by atoms with Crippen LogP contribution in [0.3, 0.4) is 0 Å². The number of rotatable bonds is 6. The van der Waals surface area contributed by atoms with E-state index in [1.807, 2.05) is 23.7 Å². The molecule has 0 saturated carbocycles. The Morgan fingerprint density at radius 2 is 2.04 bits per heavy atom. The molecule has 1 aromatic heterocycles. The molecule has 0 radical (unpaired) electrons. The summed E-state index contributed by atoms with van der Waals surface area (Å²) < 4.78 is 13.0. The summed E-state index contributed by atoms with van der Waals surface area (Å²) in [5.74, 6) is 2.61. The highest BCUT2D eigenvalue weighted by molar-refractivity contribution is 7.99. The van der Waals surface area contributed by atoms with Crippen LogP contribution >= 0.6 is 11.8 Å². The molecule has 0 spiro atoms. The third-order valence-electron chi connectivity index (χ3n) is 4.44. The summed E-state index contributed by atoms with van der Waals surface area (Å²) in [6.45, 7) is 0.536. The molecule has 1 aromatic carbocycles. The van der Waals surface area contributed by atoms with Crippen molar-refractivity contribution in [1.82, 2.24) is 25.1 Å². The molecule has 6 nitrogen and oxygen atoms in total. The van der Waals surface area contributed by atoms with Crippen LogP contribution in [0, 0.1) is 5.82 Å². The van der Waals surface area contributed by atoms with Gasteiger partial charge in [-0.1, -0.05) is 0 Å². The monoisotopic (exact) mass is 363 g/mol. The summed E-state index contributed by atoms with van der Waals surface area (Å²) in [7, 11) is 1.91. The molecule has 1 amide bonds. The van der Waals surface area contributed by atoms with Crippen LogP contribution in [0.5, 0.6) is 0 Å². The number of tetrazole rings is 1. The van der Waals surface area contributed by atoms with E-state index in [9.17, 15) is 9.18 Å². The van der Waals surface area contributed by atoms with E-state index < -0.39 is 0 Å². The predicted octanol–water partition coefficient (Wildman–Crippen LogP) is 2.61. The molecule has 2 aromatic rings. The fraction of sp³-hybridized carbons (Fsp3) is 0.529. The van der Waals surface area contributed by atoms with Crippen LogP contribution in [0.15, 0.2) is 24.3 Å². The van der Waals surface area contributed by atoms with Crippen molar-refractivity contribution in [3.8, 4) is 11.4 Å². The molecule has 134 valence electrons. The van der Waals surface area contributed by atoms with E-state index in [2.05, 4.69) is 15.4 Å². The molecule has 1 saturated heterocycles. The Morgan fingerprint density at radius 3 is 2.76 bits per heavy atom. The van der Waals surface area contributed by atoms with Gasteiger partial charge < -0.3 is 4.90 Å². The fourth-order valence-electron chi connectivity index (χ4n) is 2.88. The quantitative estimate of drug-likeness (QED) is 0.789. The molecule has 1 fully saturated rings. The molecule has 0 N–H and O–H groups in total. The second-order valence-corrected chi connectivity index (χ2v) is 7.39. The number of carbonyl (C=O) groups excluding carboxylic acids is 1. The zero-order valence-electron chi connectivity index (χ0n) is 14.3. The Kier molecular flexibility index (Phi) is 6.01. The van der Waals surface area contributed by atoms with Gasteiger partial charge in [-0.05, 0) is 60.2 Å². The van der Waals surface area contributed by atoms with E-state index >= 15 is 0 Å². The normalized spacial score (nSPS) is 15.3. The van der Waals surface area contributed by atoms with Gasteiger partial charge in [0, 0.05) is 25.1 Å². The number of aromatic nitrogens is 4. The van der Waals surface area contributed by atoms with E-state index in [1.165, 1.54) is 16.9 Å². The van der Waals surface area contributed by atoms with Gasteiger partial charge >= 0.3 is 0 Å². The first-order chi connectivity index (χ1) is 12.1. The number of hydrogen-bond donors (Lipinski definition) is 0. The Bertz CT molecular complexity index is 699. The SMILES string of the molecule is CN(C(=O)CCCn1nnc(-c2ccc(F)cc2)n1)C1CCSCC1. The van der Waals surface area contributed by atoms with Crippen LogP contribution in [-0.2, 0) is 11.3 Å². The zero-order chi connectivity index (χ0) is 17.6. The summed E-state index contributed by atoms with van der Waals surface area (Å²) in [6, 6.07) is 6.36. The molecule has 0 bridgehead atoms. The Hall–Kier alpha value is -1.96. The Balaban J connectivity index is 1.47. The van der Waals surface area contributed by atoms with Gasteiger partial charge in [0.1, 0.15) is 5.82 Å². The highest BCUT2D eigenvalue weighted by Crippen LogP contribution is 2.21. The molecule has 8 heteroatoms. The summed E-state index contributed by atoms with van der Waals surface area (Å²) in [5, 5.41) is 12.3. The average Bonchev–Trinajstić information content (AvgIpc) is 3.11. The average molecular weight is 363 g/mol. The maximum absolute atomic E-state index is 13.0.